The van der Waals surface area contributed by atoms with Crippen LogP contribution in [0.2, 0.25) is 0 Å². The molecule has 0 atom stereocenters. The Morgan fingerprint density at radius 1 is 1.03 bits per heavy atom. The molecule has 33 heavy (non-hydrogen) atoms. The third-order valence-electron chi connectivity index (χ3n) is 4.98. The topological polar surface area (TPSA) is 105 Å². The minimum Gasteiger partial charge on any atom is -0.382 e. The monoisotopic (exact) mass is 436 g/mol. The van der Waals surface area contributed by atoms with Crippen LogP contribution in [0.15, 0.2) is 90.2 Å². The number of nitrogens with zero attached hydrogens (tertiary/aromatic N) is 3. The van der Waals surface area contributed by atoms with Crippen LogP contribution in [0, 0.1) is 6.92 Å². The molecule has 1 aromatic heterocycles. The summed E-state index contributed by atoms with van der Waals surface area (Å²) in [5.74, 6) is 0.109. The Morgan fingerprint density at radius 2 is 1.82 bits per heavy atom. The van der Waals surface area contributed by atoms with Gasteiger partial charge in [0.05, 0.1) is 23.8 Å². The van der Waals surface area contributed by atoms with E-state index in [4.69, 9.17) is 5.73 Å². The first-order valence-corrected chi connectivity index (χ1v) is 10.5. The van der Waals surface area contributed by atoms with Crippen LogP contribution in [0.5, 0.6) is 0 Å². The van der Waals surface area contributed by atoms with E-state index in [9.17, 15) is 4.79 Å². The van der Waals surface area contributed by atoms with E-state index in [1.807, 2.05) is 73.7 Å². The number of nitrogens with two attached hydrogens (primary N) is 1. The first-order valence-electron chi connectivity index (χ1n) is 10.5. The summed E-state index contributed by atoms with van der Waals surface area (Å²) < 4.78 is 0. The molecule has 0 aliphatic carbocycles. The number of hydrogen-bond donors (Lipinski definition) is 3. The van der Waals surface area contributed by atoms with E-state index in [-0.39, 0.29) is 11.7 Å². The normalized spacial score (nSPS) is 10.8. The molecule has 0 radical (unpaired) electrons. The van der Waals surface area contributed by atoms with Gasteiger partial charge in [-0.15, -0.1) is 0 Å². The van der Waals surface area contributed by atoms with Crippen LogP contribution < -0.4 is 16.5 Å². The molecule has 4 N–H and O–H groups in total. The van der Waals surface area contributed by atoms with Crippen molar-refractivity contribution in [1.82, 2.24) is 15.3 Å². The van der Waals surface area contributed by atoms with Gasteiger partial charge in [0.2, 0.25) is 0 Å². The molecule has 7 heteroatoms. The fourth-order valence-electron chi connectivity index (χ4n) is 3.14. The Kier molecular flexibility index (Phi) is 6.70. The Morgan fingerprint density at radius 3 is 2.61 bits per heavy atom. The number of nitrogen functional groups attached to an aromatic ring is 1. The number of aromatic nitrogens is 2. The molecule has 0 spiro atoms. The van der Waals surface area contributed by atoms with Gasteiger partial charge >= 0.3 is 0 Å². The molecule has 4 rings (SSSR count). The van der Waals surface area contributed by atoms with Gasteiger partial charge in [0.15, 0.2) is 5.82 Å². The molecule has 0 saturated carbocycles. The number of nitrogens with one attached hydrogen (secondary N) is 2. The fraction of sp³-hybridized carbons (Fsp3) is 0.0769. The SMILES string of the molecule is Cc1ccc(N/N=C/c2nc(-c3cccc(C(=O)NCc4ccccc4)c3)cnc2N)cc1. The molecule has 0 aliphatic heterocycles. The van der Waals surface area contributed by atoms with E-state index >= 15 is 0 Å². The molecule has 0 aliphatic rings. The van der Waals surface area contributed by atoms with Crippen LogP contribution in [-0.2, 0) is 6.54 Å². The molecular weight excluding hydrogens is 412 g/mol. The van der Waals surface area contributed by atoms with E-state index in [0.29, 0.717) is 23.5 Å². The summed E-state index contributed by atoms with van der Waals surface area (Å²) >= 11 is 0. The second-order valence-electron chi connectivity index (χ2n) is 7.51. The fourth-order valence-corrected chi connectivity index (χ4v) is 3.14. The van der Waals surface area contributed by atoms with Crippen molar-refractivity contribution in [3.05, 3.63) is 107 Å². The van der Waals surface area contributed by atoms with Crippen LogP contribution in [-0.4, -0.2) is 22.1 Å². The Bertz CT molecular complexity index is 1270. The highest BCUT2D eigenvalue weighted by atomic mass is 16.1. The quantitative estimate of drug-likeness (QED) is 0.294. The van der Waals surface area contributed by atoms with Gasteiger partial charge in [-0.05, 0) is 36.8 Å². The summed E-state index contributed by atoms with van der Waals surface area (Å²) in [6.07, 6.45) is 3.11. The average Bonchev–Trinajstić information content (AvgIpc) is 2.85. The number of anilines is 2. The zero-order chi connectivity index (χ0) is 23.0. The number of carbonyl (C=O) groups excluding carboxylic acids is 1. The summed E-state index contributed by atoms with van der Waals surface area (Å²) in [4.78, 5) is 21.4. The summed E-state index contributed by atoms with van der Waals surface area (Å²) in [7, 11) is 0. The Labute approximate surface area is 192 Å². The van der Waals surface area contributed by atoms with Crippen molar-refractivity contribution in [3.63, 3.8) is 0 Å². The lowest BCUT2D eigenvalue weighted by atomic mass is 10.1. The van der Waals surface area contributed by atoms with Gasteiger partial charge in [-0.2, -0.15) is 5.10 Å². The van der Waals surface area contributed by atoms with Crippen LogP contribution in [0.3, 0.4) is 0 Å². The molecule has 7 nitrogen and oxygen atoms in total. The molecule has 0 saturated heterocycles. The minimum atomic E-state index is -0.159. The summed E-state index contributed by atoms with van der Waals surface area (Å²) in [5.41, 5.74) is 14.3. The second kappa shape index (κ2) is 10.2. The number of benzene rings is 3. The highest BCUT2D eigenvalue weighted by molar-refractivity contribution is 5.95. The maximum Gasteiger partial charge on any atom is 0.251 e. The van der Waals surface area contributed by atoms with Gasteiger partial charge in [0.1, 0.15) is 5.69 Å². The molecule has 164 valence electrons. The van der Waals surface area contributed by atoms with Gasteiger partial charge in [-0.25, -0.2) is 9.97 Å². The first-order chi connectivity index (χ1) is 16.1. The van der Waals surface area contributed by atoms with Gasteiger partial charge < -0.3 is 11.1 Å². The predicted molar refractivity (Wildman–Crippen MR) is 132 cm³/mol. The van der Waals surface area contributed by atoms with Crippen molar-refractivity contribution >= 4 is 23.6 Å². The summed E-state index contributed by atoms with van der Waals surface area (Å²) in [5, 5.41) is 7.15. The van der Waals surface area contributed by atoms with Crippen molar-refractivity contribution < 1.29 is 4.79 Å². The van der Waals surface area contributed by atoms with E-state index in [2.05, 4.69) is 25.8 Å². The van der Waals surface area contributed by atoms with Crippen molar-refractivity contribution in [2.24, 2.45) is 5.10 Å². The van der Waals surface area contributed by atoms with Gasteiger partial charge in [0, 0.05) is 17.7 Å². The lowest BCUT2D eigenvalue weighted by molar-refractivity contribution is 0.0951. The number of amides is 1. The molecule has 1 heterocycles. The second-order valence-corrected chi connectivity index (χ2v) is 7.51. The zero-order valence-electron chi connectivity index (χ0n) is 18.2. The third-order valence-corrected chi connectivity index (χ3v) is 4.98. The minimum absolute atomic E-state index is 0.159. The summed E-state index contributed by atoms with van der Waals surface area (Å²) in [6.45, 7) is 2.48. The molecule has 0 unspecified atom stereocenters. The van der Waals surface area contributed by atoms with Gasteiger partial charge in [-0.3, -0.25) is 10.2 Å². The first kappa shape index (κ1) is 21.7. The third kappa shape index (κ3) is 5.80. The smallest absolute Gasteiger partial charge is 0.251 e. The Balaban J connectivity index is 1.48. The molecule has 0 fully saturated rings. The molecule has 4 aromatic rings. The number of hydrogen-bond acceptors (Lipinski definition) is 6. The van der Waals surface area contributed by atoms with Crippen molar-refractivity contribution in [2.75, 3.05) is 11.2 Å². The number of aryl methyl sites for hydroxylation is 1. The number of rotatable bonds is 7. The highest BCUT2D eigenvalue weighted by Crippen LogP contribution is 2.19. The molecular formula is C26H24N6O. The molecule has 0 bridgehead atoms. The van der Waals surface area contributed by atoms with Crippen LogP contribution in [0.25, 0.3) is 11.3 Å². The van der Waals surface area contributed by atoms with E-state index in [0.717, 1.165) is 16.8 Å². The van der Waals surface area contributed by atoms with Crippen LogP contribution in [0.4, 0.5) is 11.5 Å². The van der Waals surface area contributed by atoms with Crippen LogP contribution in [0.1, 0.15) is 27.2 Å². The van der Waals surface area contributed by atoms with E-state index in [1.54, 1.807) is 18.3 Å². The van der Waals surface area contributed by atoms with Crippen molar-refractivity contribution in [3.8, 4) is 11.3 Å². The lowest BCUT2D eigenvalue weighted by Gasteiger charge is -2.08. The van der Waals surface area contributed by atoms with Gasteiger partial charge in [-0.1, -0.05) is 60.2 Å². The maximum absolute atomic E-state index is 12.6. The lowest BCUT2D eigenvalue weighted by Crippen LogP contribution is -2.22. The maximum atomic E-state index is 12.6. The zero-order valence-corrected chi connectivity index (χ0v) is 18.2. The average molecular weight is 437 g/mol. The summed E-state index contributed by atoms with van der Waals surface area (Å²) in [6, 6.07) is 24.9. The van der Waals surface area contributed by atoms with E-state index in [1.165, 1.54) is 11.8 Å². The van der Waals surface area contributed by atoms with Crippen molar-refractivity contribution in [1.29, 1.82) is 0 Å². The van der Waals surface area contributed by atoms with Gasteiger partial charge in [0.25, 0.3) is 5.91 Å². The van der Waals surface area contributed by atoms with E-state index < -0.39 is 0 Å². The van der Waals surface area contributed by atoms with Crippen LogP contribution >= 0.6 is 0 Å². The largest absolute Gasteiger partial charge is 0.382 e. The Hall–Kier alpha value is -4.52. The number of hydrazone groups is 1. The van der Waals surface area contributed by atoms with Crippen molar-refractivity contribution in [2.45, 2.75) is 13.5 Å². The highest BCUT2D eigenvalue weighted by Gasteiger charge is 2.10. The molecule has 3 aromatic carbocycles. The predicted octanol–water partition coefficient (Wildman–Crippen LogP) is 4.41. The molecule has 1 amide bonds. The standard InChI is InChI=1S/C26H24N6O/c1-18-10-12-22(13-11-18)32-30-17-24-25(27)28-16-23(31-24)20-8-5-9-21(14-20)26(33)29-15-19-6-3-2-4-7-19/h2-14,16-17,32H,15H2,1H3,(H2,27,28)(H,29,33)/b30-17+. The number of carbonyl (C=O) groups is 1.